The molecule has 116 valence electrons. The van der Waals surface area contributed by atoms with E-state index < -0.39 is 0 Å². The van der Waals surface area contributed by atoms with Gasteiger partial charge in [-0.1, -0.05) is 54.6 Å². The molecule has 0 spiro atoms. The van der Waals surface area contributed by atoms with Gasteiger partial charge < -0.3 is 10.1 Å². The van der Waals surface area contributed by atoms with E-state index in [9.17, 15) is 4.79 Å². The van der Waals surface area contributed by atoms with E-state index in [4.69, 9.17) is 4.74 Å². The van der Waals surface area contributed by atoms with Gasteiger partial charge in [-0.15, -0.1) is 0 Å². The number of carbonyl (C=O) groups excluding carboxylic acids is 1. The molecule has 3 heteroatoms. The SMILES string of the molecule is COC(=O)C1=CC[C@H](NC2c3ccccc3-c3ccccc32)C1. The molecular formula is C20H19NO2. The van der Waals surface area contributed by atoms with Crippen LogP contribution in [0.2, 0.25) is 0 Å². The maximum atomic E-state index is 11.7. The minimum atomic E-state index is -0.207. The molecule has 0 fully saturated rings. The highest BCUT2D eigenvalue weighted by Crippen LogP contribution is 2.43. The molecule has 0 unspecified atom stereocenters. The summed E-state index contributed by atoms with van der Waals surface area (Å²) in [5.41, 5.74) is 6.03. The van der Waals surface area contributed by atoms with Crippen molar-refractivity contribution in [1.82, 2.24) is 5.32 Å². The second-order valence-electron chi connectivity index (χ2n) is 6.13. The first kappa shape index (κ1) is 14.2. The lowest BCUT2D eigenvalue weighted by Gasteiger charge is -2.21. The van der Waals surface area contributed by atoms with Crippen LogP contribution in [0, 0.1) is 0 Å². The lowest BCUT2D eigenvalue weighted by atomic mass is 10.0. The van der Waals surface area contributed by atoms with Crippen molar-refractivity contribution < 1.29 is 9.53 Å². The number of hydrogen-bond donors (Lipinski definition) is 1. The Balaban J connectivity index is 1.60. The van der Waals surface area contributed by atoms with Crippen LogP contribution in [-0.4, -0.2) is 19.1 Å². The Bertz CT molecular complexity index is 748. The normalized spacial score (nSPS) is 19.2. The van der Waals surface area contributed by atoms with E-state index in [1.807, 2.05) is 6.08 Å². The van der Waals surface area contributed by atoms with Crippen molar-refractivity contribution in [2.24, 2.45) is 0 Å². The Labute approximate surface area is 136 Å². The Morgan fingerprint density at radius 1 is 1.04 bits per heavy atom. The third kappa shape index (κ3) is 2.37. The zero-order chi connectivity index (χ0) is 15.8. The van der Waals surface area contributed by atoms with E-state index in [1.165, 1.54) is 29.4 Å². The highest BCUT2D eigenvalue weighted by atomic mass is 16.5. The van der Waals surface area contributed by atoms with Crippen LogP contribution >= 0.6 is 0 Å². The molecule has 23 heavy (non-hydrogen) atoms. The van der Waals surface area contributed by atoms with Crippen LogP contribution in [0.3, 0.4) is 0 Å². The van der Waals surface area contributed by atoms with Crippen LogP contribution in [-0.2, 0) is 9.53 Å². The smallest absolute Gasteiger partial charge is 0.333 e. The minimum Gasteiger partial charge on any atom is -0.466 e. The lowest BCUT2D eigenvalue weighted by Crippen LogP contribution is -2.31. The summed E-state index contributed by atoms with van der Waals surface area (Å²) in [4.78, 5) is 11.7. The third-order valence-corrected chi connectivity index (χ3v) is 4.80. The number of nitrogens with one attached hydrogen (secondary N) is 1. The number of ether oxygens (including phenoxy) is 1. The van der Waals surface area contributed by atoms with Gasteiger partial charge >= 0.3 is 5.97 Å². The van der Waals surface area contributed by atoms with E-state index in [0.29, 0.717) is 0 Å². The fourth-order valence-electron chi connectivity index (χ4n) is 3.71. The average molecular weight is 305 g/mol. The molecule has 0 saturated carbocycles. The minimum absolute atomic E-state index is 0.192. The molecular weight excluding hydrogens is 286 g/mol. The molecule has 2 aliphatic carbocycles. The molecule has 0 aliphatic heterocycles. The van der Waals surface area contributed by atoms with Crippen molar-refractivity contribution >= 4 is 5.97 Å². The molecule has 1 atom stereocenters. The largest absolute Gasteiger partial charge is 0.466 e. The molecule has 0 saturated heterocycles. The van der Waals surface area contributed by atoms with E-state index >= 15 is 0 Å². The van der Waals surface area contributed by atoms with Crippen molar-refractivity contribution in [2.45, 2.75) is 24.9 Å². The first-order chi connectivity index (χ1) is 11.3. The Morgan fingerprint density at radius 3 is 2.26 bits per heavy atom. The zero-order valence-electron chi connectivity index (χ0n) is 13.1. The van der Waals surface area contributed by atoms with Gasteiger partial charge in [0.05, 0.1) is 13.2 Å². The Hall–Kier alpha value is -2.39. The first-order valence-electron chi connectivity index (χ1n) is 7.99. The molecule has 2 aliphatic rings. The van der Waals surface area contributed by atoms with Crippen molar-refractivity contribution in [2.75, 3.05) is 7.11 Å². The predicted octanol–water partition coefficient (Wildman–Crippen LogP) is 3.61. The zero-order valence-corrected chi connectivity index (χ0v) is 13.1. The van der Waals surface area contributed by atoms with Crippen molar-refractivity contribution in [1.29, 1.82) is 0 Å². The number of esters is 1. The number of benzene rings is 2. The number of hydrogen-bond acceptors (Lipinski definition) is 3. The van der Waals surface area contributed by atoms with Gasteiger partial charge in [-0.05, 0) is 35.1 Å². The van der Waals surface area contributed by atoms with Gasteiger partial charge in [-0.2, -0.15) is 0 Å². The molecule has 3 nitrogen and oxygen atoms in total. The van der Waals surface area contributed by atoms with Gasteiger partial charge in [-0.3, -0.25) is 0 Å². The Kier molecular flexibility index (Phi) is 3.50. The summed E-state index contributed by atoms with van der Waals surface area (Å²) in [6.07, 6.45) is 3.59. The first-order valence-corrected chi connectivity index (χ1v) is 7.99. The summed E-state index contributed by atoms with van der Waals surface area (Å²) in [6, 6.07) is 17.6. The second-order valence-corrected chi connectivity index (χ2v) is 6.13. The summed E-state index contributed by atoms with van der Waals surface area (Å²) in [7, 11) is 1.44. The van der Waals surface area contributed by atoms with Crippen LogP contribution in [0.1, 0.15) is 30.0 Å². The molecule has 4 rings (SSSR count). The van der Waals surface area contributed by atoms with Crippen LogP contribution < -0.4 is 5.32 Å². The highest BCUT2D eigenvalue weighted by molar-refractivity contribution is 5.89. The molecule has 0 radical (unpaired) electrons. The molecule has 0 amide bonds. The molecule has 0 bridgehead atoms. The summed E-state index contributed by atoms with van der Waals surface area (Å²) in [5, 5.41) is 3.74. The number of rotatable bonds is 3. The van der Waals surface area contributed by atoms with Gasteiger partial charge in [0.15, 0.2) is 0 Å². The number of fused-ring (bicyclic) bond motifs is 3. The quantitative estimate of drug-likeness (QED) is 0.880. The molecule has 0 heterocycles. The van der Waals surface area contributed by atoms with Gasteiger partial charge in [0.25, 0.3) is 0 Å². The van der Waals surface area contributed by atoms with Gasteiger partial charge in [0, 0.05) is 11.6 Å². The second kappa shape index (κ2) is 5.67. The summed E-state index contributed by atoms with van der Waals surface area (Å²) in [5.74, 6) is -0.207. The summed E-state index contributed by atoms with van der Waals surface area (Å²) >= 11 is 0. The fraction of sp³-hybridized carbons (Fsp3) is 0.250. The highest BCUT2D eigenvalue weighted by Gasteiger charge is 2.31. The van der Waals surface area contributed by atoms with Crippen LogP contribution in [0.15, 0.2) is 60.2 Å². The summed E-state index contributed by atoms with van der Waals surface area (Å²) < 4.78 is 4.83. The lowest BCUT2D eigenvalue weighted by molar-refractivity contribution is -0.136. The third-order valence-electron chi connectivity index (χ3n) is 4.80. The van der Waals surface area contributed by atoms with E-state index in [1.54, 1.807) is 0 Å². The van der Waals surface area contributed by atoms with E-state index in [-0.39, 0.29) is 18.1 Å². The van der Waals surface area contributed by atoms with Crippen LogP contribution in [0.5, 0.6) is 0 Å². The van der Waals surface area contributed by atoms with Gasteiger partial charge in [-0.25, -0.2) is 4.79 Å². The molecule has 2 aromatic carbocycles. The van der Waals surface area contributed by atoms with Gasteiger partial charge in [0.2, 0.25) is 0 Å². The summed E-state index contributed by atoms with van der Waals surface area (Å²) in [6.45, 7) is 0. The number of methoxy groups -OCH3 is 1. The standard InChI is InChI=1S/C20H19NO2/c1-23-20(22)13-10-11-14(12-13)21-19-17-8-4-2-6-15(17)16-7-3-5-9-18(16)19/h2-10,14,19,21H,11-12H2,1H3/t14-/m0/s1. The fourth-order valence-corrected chi connectivity index (χ4v) is 3.71. The van der Waals surface area contributed by atoms with Crippen LogP contribution in [0.4, 0.5) is 0 Å². The van der Waals surface area contributed by atoms with Gasteiger partial charge in [0.1, 0.15) is 0 Å². The average Bonchev–Trinajstić information content (AvgIpc) is 3.19. The topological polar surface area (TPSA) is 38.3 Å². The monoisotopic (exact) mass is 305 g/mol. The van der Waals surface area contributed by atoms with Crippen molar-refractivity contribution in [3.8, 4) is 11.1 Å². The Morgan fingerprint density at radius 2 is 1.65 bits per heavy atom. The molecule has 0 aromatic heterocycles. The number of carbonyl (C=O) groups is 1. The maximum absolute atomic E-state index is 11.7. The molecule has 1 N–H and O–H groups in total. The molecule has 2 aromatic rings. The van der Waals surface area contributed by atoms with E-state index in [2.05, 4.69) is 53.8 Å². The van der Waals surface area contributed by atoms with Crippen molar-refractivity contribution in [3.05, 3.63) is 71.3 Å². The maximum Gasteiger partial charge on any atom is 0.333 e. The van der Waals surface area contributed by atoms with Crippen molar-refractivity contribution in [3.63, 3.8) is 0 Å². The van der Waals surface area contributed by atoms with E-state index in [0.717, 1.165) is 18.4 Å². The predicted molar refractivity (Wildman–Crippen MR) is 90.0 cm³/mol. The van der Waals surface area contributed by atoms with Crippen LogP contribution in [0.25, 0.3) is 11.1 Å².